The maximum Gasteiger partial charge on any atom is 0.272 e. The quantitative estimate of drug-likeness (QED) is 0.686. The molecular formula is C16H21N3O3. The predicted molar refractivity (Wildman–Crippen MR) is 82.9 cm³/mol. The Balaban J connectivity index is 1.69. The lowest BCUT2D eigenvalue weighted by Gasteiger charge is -2.32. The highest BCUT2D eigenvalue weighted by Crippen LogP contribution is 2.27. The van der Waals surface area contributed by atoms with Crippen molar-refractivity contribution in [1.82, 2.24) is 10.2 Å². The number of hydrogen-bond acceptors (Lipinski definition) is 4. The Kier molecular flexibility index (Phi) is 4.11. The lowest BCUT2D eigenvalue weighted by Crippen LogP contribution is -2.46. The number of nitro benzene ring substituents is 1. The summed E-state index contributed by atoms with van der Waals surface area (Å²) in [5.41, 5.74) is 1.07. The maximum atomic E-state index is 12.4. The van der Waals surface area contributed by atoms with Crippen LogP contribution in [0.4, 0.5) is 5.69 Å². The Morgan fingerprint density at radius 3 is 2.86 bits per heavy atom. The summed E-state index contributed by atoms with van der Waals surface area (Å²) in [4.78, 5) is 25.3. The van der Waals surface area contributed by atoms with Gasteiger partial charge in [0.05, 0.1) is 4.92 Å². The molecule has 2 atom stereocenters. The molecule has 2 aliphatic rings. The van der Waals surface area contributed by atoms with Gasteiger partial charge in [0.25, 0.3) is 11.6 Å². The normalized spacial score (nSPS) is 24.8. The Bertz CT molecular complexity index is 602. The van der Waals surface area contributed by atoms with E-state index in [4.69, 9.17) is 0 Å². The lowest BCUT2D eigenvalue weighted by atomic mass is 9.98. The summed E-state index contributed by atoms with van der Waals surface area (Å²) < 4.78 is 0. The minimum Gasteiger partial charge on any atom is -0.348 e. The van der Waals surface area contributed by atoms with Crippen LogP contribution in [0.3, 0.4) is 0 Å². The summed E-state index contributed by atoms with van der Waals surface area (Å²) in [6.45, 7) is 3.84. The second kappa shape index (κ2) is 6.04. The van der Waals surface area contributed by atoms with Crippen LogP contribution < -0.4 is 5.32 Å². The molecule has 2 aliphatic heterocycles. The second-order valence-electron chi connectivity index (χ2n) is 6.23. The highest BCUT2D eigenvalue weighted by atomic mass is 16.6. The number of hydrogen-bond donors (Lipinski definition) is 1. The fourth-order valence-electron chi connectivity index (χ4n) is 3.67. The van der Waals surface area contributed by atoms with Crippen LogP contribution >= 0.6 is 0 Å². The van der Waals surface area contributed by atoms with Crippen molar-refractivity contribution in [3.05, 3.63) is 39.4 Å². The van der Waals surface area contributed by atoms with Crippen LogP contribution in [-0.4, -0.2) is 40.9 Å². The molecule has 3 rings (SSSR count). The zero-order chi connectivity index (χ0) is 15.7. The van der Waals surface area contributed by atoms with Gasteiger partial charge in [0.1, 0.15) is 0 Å². The highest BCUT2D eigenvalue weighted by Gasteiger charge is 2.36. The van der Waals surface area contributed by atoms with E-state index in [9.17, 15) is 14.9 Å². The Morgan fingerprint density at radius 2 is 2.14 bits per heavy atom. The molecule has 2 saturated heterocycles. The molecule has 0 saturated carbocycles. The lowest BCUT2D eigenvalue weighted by molar-refractivity contribution is -0.385. The van der Waals surface area contributed by atoms with Crippen LogP contribution in [0.25, 0.3) is 0 Å². The van der Waals surface area contributed by atoms with Crippen LogP contribution in [0.2, 0.25) is 0 Å². The van der Waals surface area contributed by atoms with Gasteiger partial charge >= 0.3 is 0 Å². The Hall–Kier alpha value is -1.95. The molecule has 1 N–H and O–H groups in total. The number of carbonyl (C=O) groups excluding carboxylic acids is 1. The summed E-state index contributed by atoms with van der Waals surface area (Å²) in [6, 6.07) is 5.20. The molecule has 2 fully saturated rings. The molecule has 0 aromatic heterocycles. The molecule has 22 heavy (non-hydrogen) atoms. The van der Waals surface area contributed by atoms with E-state index >= 15 is 0 Å². The minimum atomic E-state index is -0.423. The van der Waals surface area contributed by atoms with Crippen molar-refractivity contribution in [3.63, 3.8) is 0 Å². The third-order valence-electron chi connectivity index (χ3n) is 4.83. The van der Waals surface area contributed by atoms with Crippen molar-refractivity contribution >= 4 is 11.6 Å². The van der Waals surface area contributed by atoms with Gasteiger partial charge in [-0.3, -0.25) is 19.8 Å². The maximum absolute atomic E-state index is 12.4. The molecule has 2 heterocycles. The fraction of sp³-hybridized carbons (Fsp3) is 0.562. The first-order valence-electron chi connectivity index (χ1n) is 7.86. The highest BCUT2D eigenvalue weighted by molar-refractivity contribution is 5.95. The Morgan fingerprint density at radius 1 is 1.32 bits per heavy atom. The van der Waals surface area contributed by atoms with Gasteiger partial charge in [-0.05, 0) is 44.9 Å². The molecule has 6 nitrogen and oxygen atoms in total. The molecule has 1 aromatic carbocycles. The van der Waals surface area contributed by atoms with Gasteiger partial charge in [0.2, 0.25) is 0 Å². The number of piperidine rings is 1. The smallest absolute Gasteiger partial charge is 0.272 e. The van der Waals surface area contributed by atoms with E-state index < -0.39 is 4.92 Å². The average Bonchev–Trinajstić information content (AvgIpc) is 2.90. The van der Waals surface area contributed by atoms with Gasteiger partial charge in [-0.1, -0.05) is 6.42 Å². The van der Waals surface area contributed by atoms with Gasteiger partial charge in [0, 0.05) is 35.8 Å². The van der Waals surface area contributed by atoms with Crippen LogP contribution in [0.1, 0.15) is 41.6 Å². The van der Waals surface area contributed by atoms with E-state index in [2.05, 4.69) is 10.2 Å². The number of amides is 1. The van der Waals surface area contributed by atoms with E-state index in [1.807, 2.05) is 0 Å². The second-order valence-corrected chi connectivity index (χ2v) is 6.23. The van der Waals surface area contributed by atoms with Gasteiger partial charge in [-0.2, -0.15) is 0 Å². The SMILES string of the molecule is Cc1cc(C(=O)N[C@@H]2CCN3CCCC[C@H]23)ccc1[N+](=O)[O-]. The first kappa shape index (κ1) is 15.0. The van der Waals surface area contributed by atoms with Crippen molar-refractivity contribution < 1.29 is 9.72 Å². The fourth-order valence-corrected chi connectivity index (χ4v) is 3.67. The minimum absolute atomic E-state index is 0.0517. The van der Waals surface area contributed by atoms with E-state index in [0.717, 1.165) is 25.9 Å². The molecule has 1 aromatic rings. The topological polar surface area (TPSA) is 75.5 Å². The molecule has 0 bridgehead atoms. The van der Waals surface area contributed by atoms with Crippen LogP contribution in [-0.2, 0) is 0 Å². The van der Waals surface area contributed by atoms with Gasteiger partial charge in [-0.15, -0.1) is 0 Å². The van der Waals surface area contributed by atoms with E-state index in [0.29, 0.717) is 17.2 Å². The van der Waals surface area contributed by atoms with E-state index in [1.165, 1.54) is 25.0 Å². The summed E-state index contributed by atoms with van der Waals surface area (Å²) in [5, 5.41) is 14.0. The third-order valence-corrected chi connectivity index (χ3v) is 4.83. The largest absolute Gasteiger partial charge is 0.348 e. The summed E-state index contributed by atoms with van der Waals surface area (Å²) in [7, 11) is 0. The monoisotopic (exact) mass is 303 g/mol. The van der Waals surface area contributed by atoms with Crippen LogP contribution in [0, 0.1) is 17.0 Å². The zero-order valence-electron chi connectivity index (χ0n) is 12.7. The zero-order valence-corrected chi connectivity index (χ0v) is 12.7. The first-order chi connectivity index (χ1) is 10.6. The van der Waals surface area contributed by atoms with Crippen molar-refractivity contribution in [2.45, 2.75) is 44.7 Å². The van der Waals surface area contributed by atoms with E-state index in [-0.39, 0.29) is 17.6 Å². The third kappa shape index (κ3) is 2.83. The number of rotatable bonds is 3. The summed E-state index contributed by atoms with van der Waals surface area (Å²) in [6.07, 6.45) is 4.61. The van der Waals surface area contributed by atoms with Crippen molar-refractivity contribution in [1.29, 1.82) is 0 Å². The Labute approximate surface area is 129 Å². The summed E-state index contributed by atoms with van der Waals surface area (Å²) in [5.74, 6) is -0.129. The standard InChI is InChI=1S/C16H21N3O3/c1-11-10-12(5-6-14(11)19(21)22)16(20)17-13-7-9-18-8-3-2-4-15(13)18/h5-6,10,13,15H,2-4,7-9H2,1H3,(H,17,20)/t13-,15-/m1/s1. The molecule has 118 valence electrons. The van der Waals surface area contributed by atoms with E-state index in [1.54, 1.807) is 13.0 Å². The average molecular weight is 303 g/mol. The molecule has 6 heteroatoms. The molecule has 0 unspecified atom stereocenters. The predicted octanol–water partition coefficient (Wildman–Crippen LogP) is 2.26. The summed E-state index contributed by atoms with van der Waals surface area (Å²) >= 11 is 0. The number of fused-ring (bicyclic) bond motifs is 1. The molecule has 0 aliphatic carbocycles. The van der Waals surface area contributed by atoms with Gasteiger partial charge < -0.3 is 5.32 Å². The number of carbonyl (C=O) groups is 1. The van der Waals surface area contributed by atoms with Crippen molar-refractivity contribution in [2.24, 2.45) is 0 Å². The number of nitrogens with one attached hydrogen (secondary N) is 1. The van der Waals surface area contributed by atoms with Crippen molar-refractivity contribution in [2.75, 3.05) is 13.1 Å². The van der Waals surface area contributed by atoms with Gasteiger partial charge in [0.15, 0.2) is 0 Å². The first-order valence-corrected chi connectivity index (χ1v) is 7.86. The van der Waals surface area contributed by atoms with Crippen molar-refractivity contribution in [3.8, 4) is 0 Å². The number of nitrogens with zero attached hydrogens (tertiary/aromatic N) is 2. The molecule has 1 amide bonds. The van der Waals surface area contributed by atoms with Crippen LogP contribution in [0.15, 0.2) is 18.2 Å². The molecule has 0 radical (unpaired) electrons. The molecule has 0 spiro atoms. The number of nitro groups is 1. The van der Waals surface area contributed by atoms with Gasteiger partial charge in [-0.25, -0.2) is 0 Å². The number of aryl methyl sites for hydroxylation is 1. The molecular weight excluding hydrogens is 282 g/mol. The van der Waals surface area contributed by atoms with Crippen LogP contribution in [0.5, 0.6) is 0 Å². The number of benzene rings is 1.